The minimum atomic E-state index is -0.983. The van der Waals surface area contributed by atoms with Crippen LogP contribution >= 0.6 is 34.0 Å². The molecule has 0 spiro atoms. The third kappa shape index (κ3) is 9.84. The van der Waals surface area contributed by atoms with Gasteiger partial charge in [0, 0.05) is 11.5 Å². The van der Waals surface area contributed by atoms with Gasteiger partial charge >= 0.3 is 11.9 Å². The van der Waals surface area contributed by atoms with E-state index < -0.39 is 24.0 Å². The van der Waals surface area contributed by atoms with Crippen molar-refractivity contribution < 1.29 is 19.4 Å². The fraction of sp³-hybridized carbons (Fsp3) is 0.778. The Morgan fingerprint density at radius 3 is 2.00 bits per heavy atom. The topological polar surface area (TPSA) is 116 Å². The third-order valence-corrected chi connectivity index (χ3v) is 4.40. The molecule has 0 saturated heterocycles. The van der Waals surface area contributed by atoms with Crippen LogP contribution in [0.5, 0.6) is 0 Å². The van der Waals surface area contributed by atoms with Gasteiger partial charge in [0.15, 0.2) is 0 Å². The van der Waals surface area contributed by atoms with Gasteiger partial charge in [-0.1, -0.05) is 21.6 Å². The van der Waals surface area contributed by atoms with E-state index in [4.69, 9.17) is 16.6 Å². The number of carboxylic acids is 1. The fourth-order valence-corrected chi connectivity index (χ4v) is 3.08. The summed E-state index contributed by atoms with van der Waals surface area (Å²) in [5, 5.41) is 8.54. The van der Waals surface area contributed by atoms with Crippen molar-refractivity contribution in [3.63, 3.8) is 0 Å². The fourth-order valence-electron chi connectivity index (χ4n) is 0.861. The van der Waals surface area contributed by atoms with Gasteiger partial charge in [-0.3, -0.25) is 9.59 Å². The number of aliphatic carboxylic acids is 1. The van der Waals surface area contributed by atoms with Crippen LogP contribution in [0, 0.1) is 0 Å². The SMILES string of the molecule is COC(=O)[C@@H](N)CCSSCC[C@H](N)C(=O)O.Cl. The molecule has 9 heteroatoms. The maximum Gasteiger partial charge on any atom is 0.322 e. The van der Waals surface area contributed by atoms with Gasteiger partial charge in [0.2, 0.25) is 0 Å². The number of ether oxygens (including phenoxy) is 1. The number of halogens is 1. The first kappa shape index (κ1) is 20.2. The van der Waals surface area contributed by atoms with Gasteiger partial charge < -0.3 is 21.3 Å². The molecular weight excluding hydrogens is 300 g/mol. The van der Waals surface area contributed by atoms with Gasteiger partial charge in [0.1, 0.15) is 12.1 Å². The molecular formula is C9H19ClN2O4S2. The molecule has 0 radical (unpaired) electrons. The molecule has 5 N–H and O–H groups in total. The first-order valence-electron chi connectivity index (χ1n) is 5.05. The van der Waals surface area contributed by atoms with E-state index in [-0.39, 0.29) is 12.4 Å². The third-order valence-electron chi connectivity index (χ3n) is 1.93. The Morgan fingerprint density at radius 1 is 1.17 bits per heavy atom. The molecule has 0 unspecified atom stereocenters. The highest BCUT2D eigenvalue weighted by Crippen LogP contribution is 2.23. The normalized spacial score (nSPS) is 13.3. The second-order valence-corrected chi connectivity index (χ2v) is 6.00. The van der Waals surface area contributed by atoms with Gasteiger partial charge in [-0.25, -0.2) is 0 Å². The molecule has 0 heterocycles. The molecule has 0 rings (SSSR count). The van der Waals surface area contributed by atoms with E-state index in [1.165, 1.54) is 17.9 Å². The molecule has 0 aliphatic carbocycles. The predicted molar refractivity (Wildman–Crippen MR) is 77.0 cm³/mol. The Kier molecular flexibility index (Phi) is 13.4. The molecule has 108 valence electrons. The number of carbonyl (C=O) groups excluding carboxylic acids is 1. The maximum atomic E-state index is 11.0. The number of carbonyl (C=O) groups is 2. The van der Waals surface area contributed by atoms with Crippen molar-refractivity contribution in [3.8, 4) is 0 Å². The highest BCUT2D eigenvalue weighted by Gasteiger charge is 2.13. The van der Waals surface area contributed by atoms with E-state index in [2.05, 4.69) is 4.74 Å². The summed E-state index contributed by atoms with van der Waals surface area (Å²) in [4.78, 5) is 21.4. The Bertz CT molecular complexity index is 259. The summed E-state index contributed by atoms with van der Waals surface area (Å²) >= 11 is 0. The lowest BCUT2D eigenvalue weighted by Gasteiger charge is -2.08. The second-order valence-electron chi connectivity index (χ2n) is 3.30. The van der Waals surface area contributed by atoms with Crippen molar-refractivity contribution in [2.75, 3.05) is 18.6 Å². The molecule has 0 aromatic rings. The van der Waals surface area contributed by atoms with Crippen molar-refractivity contribution >= 4 is 45.9 Å². The number of esters is 1. The van der Waals surface area contributed by atoms with Crippen LogP contribution in [0.4, 0.5) is 0 Å². The summed E-state index contributed by atoms with van der Waals surface area (Å²) in [5.41, 5.74) is 10.9. The zero-order chi connectivity index (χ0) is 13.3. The van der Waals surface area contributed by atoms with Crippen LogP contribution < -0.4 is 11.5 Å². The number of nitrogens with two attached hydrogens (primary N) is 2. The minimum Gasteiger partial charge on any atom is -0.480 e. The molecule has 0 aliphatic rings. The molecule has 2 atom stereocenters. The van der Waals surface area contributed by atoms with Crippen LogP contribution in [0.3, 0.4) is 0 Å². The van der Waals surface area contributed by atoms with Crippen LogP contribution in [0.15, 0.2) is 0 Å². The molecule has 0 saturated carbocycles. The highest BCUT2D eigenvalue weighted by atomic mass is 35.5. The predicted octanol–water partition coefficient (Wildman–Crippen LogP) is 0.482. The summed E-state index contributed by atoms with van der Waals surface area (Å²) in [6.45, 7) is 0. The molecule has 0 aromatic carbocycles. The van der Waals surface area contributed by atoms with Crippen molar-refractivity contribution in [1.82, 2.24) is 0 Å². The maximum absolute atomic E-state index is 11.0. The van der Waals surface area contributed by atoms with Gasteiger partial charge in [-0.05, 0) is 12.8 Å². The Balaban J connectivity index is 0. The quantitative estimate of drug-likeness (QED) is 0.319. The molecule has 18 heavy (non-hydrogen) atoms. The minimum absolute atomic E-state index is 0. The summed E-state index contributed by atoms with van der Waals surface area (Å²) in [5.74, 6) is -0.0266. The Hall–Kier alpha value is -0.150. The highest BCUT2D eigenvalue weighted by molar-refractivity contribution is 8.76. The zero-order valence-corrected chi connectivity index (χ0v) is 12.5. The molecule has 0 fully saturated rings. The Morgan fingerprint density at radius 2 is 1.61 bits per heavy atom. The molecule has 0 aromatic heterocycles. The average Bonchev–Trinajstić information content (AvgIpc) is 2.31. The monoisotopic (exact) mass is 318 g/mol. The smallest absolute Gasteiger partial charge is 0.322 e. The molecule has 0 amide bonds. The van der Waals surface area contributed by atoms with E-state index in [0.29, 0.717) is 24.3 Å². The number of methoxy groups -OCH3 is 1. The first-order valence-corrected chi connectivity index (χ1v) is 7.54. The number of carboxylic acid groups (broad SMARTS) is 1. The van der Waals surface area contributed by atoms with Gasteiger partial charge in [-0.15, -0.1) is 12.4 Å². The summed E-state index contributed by atoms with van der Waals surface area (Å²) < 4.78 is 4.49. The van der Waals surface area contributed by atoms with Crippen LogP contribution in [0.2, 0.25) is 0 Å². The lowest BCUT2D eigenvalue weighted by atomic mass is 10.2. The lowest BCUT2D eigenvalue weighted by molar-refractivity contribution is -0.142. The van der Waals surface area contributed by atoms with E-state index in [9.17, 15) is 9.59 Å². The lowest BCUT2D eigenvalue weighted by Crippen LogP contribution is -2.32. The van der Waals surface area contributed by atoms with E-state index >= 15 is 0 Å². The van der Waals surface area contributed by atoms with Crippen LogP contribution in [-0.2, 0) is 14.3 Å². The van der Waals surface area contributed by atoms with Crippen molar-refractivity contribution in [3.05, 3.63) is 0 Å². The standard InChI is InChI=1S/C9H18N2O4S2.ClH/c1-15-9(14)7(11)3-5-17-16-4-2-6(10)8(12)13;/h6-7H,2-5,10-11H2,1H3,(H,12,13);1H/t6-,7-;/m0./s1. The van der Waals surface area contributed by atoms with Crippen LogP contribution in [0.1, 0.15) is 12.8 Å². The summed E-state index contributed by atoms with van der Waals surface area (Å²) in [6, 6.07) is -1.39. The summed E-state index contributed by atoms with van der Waals surface area (Å²) in [6.07, 6.45) is 0.964. The van der Waals surface area contributed by atoms with Gasteiger partial charge in [-0.2, -0.15) is 0 Å². The van der Waals surface area contributed by atoms with E-state index in [1.54, 1.807) is 10.8 Å². The number of rotatable bonds is 9. The molecule has 0 aliphatic heterocycles. The van der Waals surface area contributed by atoms with Crippen molar-refractivity contribution in [2.45, 2.75) is 24.9 Å². The van der Waals surface area contributed by atoms with Crippen molar-refractivity contribution in [2.24, 2.45) is 11.5 Å². The van der Waals surface area contributed by atoms with E-state index in [0.717, 1.165) is 0 Å². The number of hydrogen-bond acceptors (Lipinski definition) is 7. The second kappa shape index (κ2) is 11.9. The first-order chi connectivity index (χ1) is 7.99. The average molecular weight is 319 g/mol. The molecule has 6 nitrogen and oxygen atoms in total. The molecule has 0 bridgehead atoms. The van der Waals surface area contributed by atoms with Crippen LogP contribution in [0.25, 0.3) is 0 Å². The summed E-state index contributed by atoms with van der Waals surface area (Å²) in [7, 11) is 4.37. The largest absolute Gasteiger partial charge is 0.480 e. The number of hydrogen-bond donors (Lipinski definition) is 3. The van der Waals surface area contributed by atoms with Gasteiger partial charge in [0.05, 0.1) is 7.11 Å². The van der Waals surface area contributed by atoms with Gasteiger partial charge in [0.25, 0.3) is 0 Å². The zero-order valence-electron chi connectivity index (χ0n) is 10.0. The van der Waals surface area contributed by atoms with Crippen LogP contribution in [-0.4, -0.2) is 47.7 Å². The van der Waals surface area contributed by atoms with Crippen molar-refractivity contribution in [1.29, 1.82) is 0 Å². The Labute approximate surface area is 120 Å². The van der Waals surface area contributed by atoms with E-state index in [1.807, 2.05) is 0 Å².